The van der Waals surface area contributed by atoms with Crippen LogP contribution in [0.3, 0.4) is 0 Å². The van der Waals surface area contributed by atoms with E-state index in [-0.39, 0.29) is 0 Å². The molecular formula is C22H28Cl2. The van der Waals surface area contributed by atoms with Crippen LogP contribution in [-0.4, -0.2) is 0 Å². The molecule has 24 heavy (non-hydrogen) atoms. The van der Waals surface area contributed by atoms with Gasteiger partial charge in [0.25, 0.3) is 0 Å². The quantitative estimate of drug-likeness (QED) is 0.509. The maximum atomic E-state index is 6.44. The third-order valence-corrected chi connectivity index (χ3v) is 6.11. The molecule has 0 spiro atoms. The zero-order valence-electron chi connectivity index (χ0n) is 15.6. The molecule has 0 aromatic heterocycles. The van der Waals surface area contributed by atoms with Crippen LogP contribution >= 0.6 is 23.2 Å². The van der Waals surface area contributed by atoms with Gasteiger partial charge >= 0.3 is 0 Å². The third-order valence-electron chi connectivity index (χ3n) is 5.14. The van der Waals surface area contributed by atoms with Gasteiger partial charge in [-0.3, -0.25) is 0 Å². The first kappa shape index (κ1) is 19.3. The standard InChI is InChI=1S/C22H28Cl2/c1-13(2)19-11-18(16(5)21(23)12-19)9-7-14(3)20-10-8-15(4)22(24)17(20)6/h8,10-14H,7,9H2,1-6H3. The number of rotatable bonds is 5. The lowest BCUT2D eigenvalue weighted by molar-refractivity contribution is 0.673. The normalized spacial score (nSPS) is 12.7. The average molecular weight is 363 g/mol. The van der Waals surface area contributed by atoms with E-state index in [0.717, 1.165) is 28.5 Å². The first-order chi connectivity index (χ1) is 11.2. The average Bonchev–Trinajstić information content (AvgIpc) is 2.53. The Morgan fingerprint density at radius 3 is 2.21 bits per heavy atom. The summed E-state index contributed by atoms with van der Waals surface area (Å²) in [6.45, 7) is 13.0. The lowest BCUT2D eigenvalue weighted by Gasteiger charge is -2.18. The van der Waals surface area contributed by atoms with Crippen LogP contribution in [0, 0.1) is 20.8 Å². The predicted molar refractivity (Wildman–Crippen MR) is 108 cm³/mol. The van der Waals surface area contributed by atoms with Crippen LogP contribution in [0.15, 0.2) is 24.3 Å². The maximum Gasteiger partial charge on any atom is 0.0467 e. The van der Waals surface area contributed by atoms with Crippen LogP contribution in [0.4, 0.5) is 0 Å². The number of hydrogen-bond acceptors (Lipinski definition) is 0. The Morgan fingerprint density at radius 1 is 0.917 bits per heavy atom. The van der Waals surface area contributed by atoms with Crippen molar-refractivity contribution in [3.8, 4) is 0 Å². The highest BCUT2D eigenvalue weighted by Crippen LogP contribution is 2.32. The highest BCUT2D eigenvalue weighted by Gasteiger charge is 2.14. The van der Waals surface area contributed by atoms with Crippen molar-refractivity contribution in [3.63, 3.8) is 0 Å². The molecule has 0 saturated heterocycles. The molecule has 0 fully saturated rings. The largest absolute Gasteiger partial charge is 0.0840 e. The number of halogens is 2. The van der Waals surface area contributed by atoms with Crippen molar-refractivity contribution in [3.05, 3.63) is 67.7 Å². The van der Waals surface area contributed by atoms with E-state index < -0.39 is 0 Å². The minimum Gasteiger partial charge on any atom is -0.0840 e. The topological polar surface area (TPSA) is 0 Å². The molecule has 1 unspecified atom stereocenters. The molecule has 0 N–H and O–H groups in total. The molecular weight excluding hydrogens is 335 g/mol. The minimum absolute atomic E-state index is 0.476. The summed E-state index contributed by atoms with van der Waals surface area (Å²) in [6, 6.07) is 8.79. The van der Waals surface area contributed by atoms with Gasteiger partial charge in [-0.1, -0.05) is 62.2 Å². The Hall–Kier alpha value is -0.980. The van der Waals surface area contributed by atoms with Gasteiger partial charge in [0.1, 0.15) is 0 Å². The van der Waals surface area contributed by atoms with Gasteiger partial charge in [-0.2, -0.15) is 0 Å². The molecule has 0 aliphatic carbocycles. The molecule has 0 bridgehead atoms. The van der Waals surface area contributed by atoms with Gasteiger partial charge < -0.3 is 0 Å². The third kappa shape index (κ3) is 4.16. The summed E-state index contributed by atoms with van der Waals surface area (Å²) in [5.41, 5.74) is 7.63. The van der Waals surface area contributed by atoms with Gasteiger partial charge in [-0.25, -0.2) is 0 Å². The molecule has 1 atom stereocenters. The Bertz CT molecular complexity index is 729. The van der Waals surface area contributed by atoms with Crippen LogP contribution in [-0.2, 0) is 6.42 Å². The summed E-state index contributed by atoms with van der Waals surface area (Å²) in [5.74, 6) is 0.974. The smallest absolute Gasteiger partial charge is 0.0467 e. The van der Waals surface area contributed by atoms with Crippen molar-refractivity contribution >= 4 is 23.2 Å². The lowest BCUT2D eigenvalue weighted by Crippen LogP contribution is -2.02. The summed E-state index contributed by atoms with van der Waals surface area (Å²) >= 11 is 12.9. The Morgan fingerprint density at radius 2 is 1.58 bits per heavy atom. The fraction of sp³-hybridized carbons (Fsp3) is 0.455. The molecule has 0 amide bonds. The molecule has 0 aliphatic heterocycles. The molecule has 0 aliphatic rings. The molecule has 2 heteroatoms. The first-order valence-corrected chi connectivity index (χ1v) is 9.52. The van der Waals surface area contributed by atoms with Crippen molar-refractivity contribution in [2.75, 3.05) is 0 Å². The van der Waals surface area contributed by atoms with Gasteiger partial charge in [-0.05, 0) is 84.9 Å². The van der Waals surface area contributed by atoms with Crippen molar-refractivity contribution in [2.45, 2.75) is 66.2 Å². The summed E-state index contributed by atoms with van der Waals surface area (Å²) in [4.78, 5) is 0. The monoisotopic (exact) mass is 362 g/mol. The highest BCUT2D eigenvalue weighted by molar-refractivity contribution is 6.32. The van der Waals surface area contributed by atoms with Gasteiger partial charge in [0.15, 0.2) is 0 Å². The molecule has 0 radical (unpaired) electrons. The Balaban J connectivity index is 2.21. The van der Waals surface area contributed by atoms with Crippen LogP contribution in [0.2, 0.25) is 10.0 Å². The maximum absolute atomic E-state index is 6.44. The number of aryl methyl sites for hydroxylation is 2. The number of benzene rings is 2. The Kier molecular flexibility index (Phi) is 6.39. The molecule has 130 valence electrons. The van der Waals surface area contributed by atoms with E-state index in [1.807, 2.05) is 0 Å². The zero-order valence-corrected chi connectivity index (χ0v) is 17.1. The second kappa shape index (κ2) is 7.93. The van der Waals surface area contributed by atoms with Gasteiger partial charge in [-0.15, -0.1) is 0 Å². The second-order valence-corrected chi connectivity index (χ2v) is 8.08. The van der Waals surface area contributed by atoms with E-state index in [9.17, 15) is 0 Å². The van der Waals surface area contributed by atoms with Crippen molar-refractivity contribution in [2.24, 2.45) is 0 Å². The van der Waals surface area contributed by atoms with Crippen LogP contribution in [0.5, 0.6) is 0 Å². The first-order valence-electron chi connectivity index (χ1n) is 8.76. The van der Waals surface area contributed by atoms with E-state index in [1.54, 1.807) is 0 Å². The van der Waals surface area contributed by atoms with Crippen molar-refractivity contribution < 1.29 is 0 Å². The lowest BCUT2D eigenvalue weighted by atomic mass is 9.88. The fourth-order valence-corrected chi connectivity index (χ4v) is 3.67. The zero-order chi connectivity index (χ0) is 18.0. The highest BCUT2D eigenvalue weighted by atomic mass is 35.5. The molecule has 0 nitrogen and oxygen atoms in total. The predicted octanol–water partition coefficient (Wildman–Crippen LogP) is 7.78. The van der Waals surface area contributed by atoms with Crippen LogP contribution in [0.25, 0.3) is 0 Å². The van der Waals surface area contributed by atoms with E-state index in [0.29, 0.717) is 11.8 Å². The Labute approximate surface area is 157 Å². The summed E-state index contributed by atoms with van der Waals surface area (Å²) in [6.07, 6.45) is 2.14. The van der Waals surface area contributed by atoms with E-state index in [1.165, 1.54) is 27.8 Å². The van der Waals surface area contributed by atoms with Gasteiger partial charge in [0.2, 0.25) is 0 Å². The van der Waals surface area contributed by atoms with Gasteiger partial charge in [0.05, 0.1) is 0 Å². The van der Waals surface area contributed by atoms with E-state index in [4.69, 9.17) is 23.2 Å². The summed E-state index contributed by atoms with van der Waals surface area (Å²) < 4.78 is 0. The summed E-state index contributed by atoms with van der Waals surface area (Å²) in [7, 11) is 0. The molecule has 2 aromatic rings. The van der Waals surface area contributed by atoms with E-state index in [2.05, 4.69) is 65.8 Å². The van der Waals surface area contributed by atoms with Crippen molar-refractivity contribution in [1.82, 2.24) is 0 Å². The number of hydrogen-bond donors (Lipinski definition) is 0. The van der Waals surface area contributed by atoms with Crippen LogP contribution < -0.4 is 0 Å². The van der Waals surface area contributed by atoms with Crippen LogP contribution in [0.1, 0.15) is 72.4 Å². The SMILES string of the molecule is Cc1ccc(C(C)CCc2cc(C(C)C)cc(Cl)c2C)c(C)c1Cl. The molecule has 0 saturated carbocycles. The van der Waals surface area contributed by atoms with E-state index >= 15 is 0 Å². The molecule has 0 heterocycles. The summed E-state index contributed by atoms with van der Waals surface area (Å²) in [5, 5.41) is 1.79. The van der Waals surface area contributed by atoms with Gasteiger partial charge in [0, 0.05) is 10.0 Å². The minimum atomic E-state index is 0.476. The molecule has 2 rings (SSSR count). The second-order valence-electron chi connectivity index (χ2n) is 7.29. The van der Waals surface area contributed by atoms with Crippen molar-refractivity contribution in [1.29, 1.82) is 0 Å². The molecule has 2 aromatic carbocycles. The fourth-order valence-electron chi connectivity index (χ4n) is 3.25.